The van der Waals surface area contributed by atoms with Crippen LogP contribution in [0.2, 0.25) is 5.02 Å². The van der Waals surface area contributed by atoms with Crippen molar-refractivity contribution in [2.45, 2.75) is 32.7 Å². The largest absolute Gasteiger partial charge is 0.457 e. The molecular weight excluding hydrogens is 435 g/mol. The fourth-order valence-corrected chi connectivity index (χ4v) is 3.02. The van der Waals surface area contributed by atoms with Gasteiger partial charge in [-0.2, -0.15) is 0 Å². The van der Waals surface area contributed by atoms with Crippen LogP contribution in [-0.2, 0) is 0 Å². The standard InChI is InChI=1S/C19H20ClIN2O/c1-12-9-19(24-15-6-7-16(20)17(21)10-15)13(2)8-18(12)22-11-23(3)14-4-5-14/h6-11,14H,4-5H2,1-3H3/b22-11+. The van der Waals surface area contributed by atoms with Gasteiger partial charge < -0.3 is 9.64 Å². The van der Waals surface area contributed by atoms with Crippen LogP contribution in [0.15, 0.2) is 35.3 Å². The molecule has 0 unspecified atom stereocenters. The van der Waals surface area contributed by atoms with Crippen LogP contribution in [0.1, 0.15) is 24.0 Å². The van der Waals surface area contributed by atoms with Gasteiger partial charge in [-0.05, 0) is 90.7 Å². The van der Waals surface area contributed by atoms with Gasteiger partial charge in [0.25, 0.3) is 0 Å². The summed E-state index contributed by atoms with van der Waals surface area (Å²) in [5.74, 6) is 1.64. The van der Waals surface area contributed by atoms with E-state index in [2.05, 4.69) is 52.5 Å². The van der Waals surface area contributed by atoms with Gasteiger partial charge in [-0.1, -0.05) is 11.6 Å². The van der Waals surface area contributed by atoms with Gasteiger partial charge in [0.15, 0.2) is 0 Å². The Hall–Kier alpha value is -1.27. The molecule has 0 aliphatic heterocycles. The van der Waals surface area contributed by atoms with Crippen molar-refractivity contribution in [2.75, 3.05) is 7.05 Å². The second-order valence-electron chi connectivity index (χ2n) is 6.22. The normalized spacial score (nSPS) is 14.2. The second-order valence-corrected chi connectivity index (χ2v) is 7.79. The van der Waals surface area contributed by atoms with Crippen molar-refractivity contribution < 1.29 is 4.74 Å². The molecular formula is C19H20ClIN2O. The fourth-order valence-electron chi connectivity index (χ4n) is 2.42. The third kappa shape index (κ3) is 4.22. The maximum absolute atomic E-state index is 6.06. The molecule has 2 aromatic rings. The van der Waals surface area contributed by atoms with Crippen LogP contribution >= 0.6 is 34.2 Å². The first-order valence-corrected chi connectivity index (χ1v) is 9.40. The zero-order valence-corrected chi connectivity index (χ0v) is 16.9. The Kier molecular flexibility index (Phi) is 5.35. The minimum atomic E-state index is 0.671. The lowest BCUT2D eigenvalue weighted by atomic mass is 10.1. The monoisotopic (exact) mass is 454 g/mol. The highest BCUT2D eigenvalue weighted by Crippen LogP contribution is 2.33. The van der Waals surface area contributed by atoms with Crippen LogP contribution in [0.3, 0.4) is 0 Å². The lowest BCUT2D eigenvalue weighted by molar-refractivity contribution is 0.478. The molecule has 0 atom stereocenters. The van der Waals surface area contributed by atoms with E-state index in [0.29, 0.717) is 6.04 Å². The number of benzene rings is 2. The molecule has 0 N–H and O–H groups in total. The zero-order valence-electron chi connectivity index (χ0n) is 14.0. The maximum atomic E-state index is 6.06. The molecule has 1 saturated carbocycles. The van der Waals surface area contributed by atoms with E-state index in [1.807, 2.05) is 37.5 Å². The number of aryl methyl sites for hydroxylation is 2. The topological polar surface area (TPSA) is 24.8 Å². The molecule has 0 heterocycles. The highest BCUT2D eigenvalue weighted by molar-refractivity contribution is 14.1. The van der Waals surface area contributed by atoms with Crippen molar-refractivity contribution in [3.05, 3.63) is 50.1 Å². The van der Waals surface area contributed by atoms with E-state index >= 15 is 0 Å². The summed E-state index contributed by atoms with van der Waals surface area (Å²) in [5.41, 5.74) is 3.14. The van der Waals surface area contributed by atoms with Gasteiger partial charge in [-0.15, -0.1) is 0 Å². The molecule has 0 aromatic heterocycles. The Bertz CT molecular complexity index is 787. The molecule has 0 amide bonds. The zero-order chi connectivity index (χ0) is 17.3. The number of aliphatic imine (C=N–C) groups is 1. The summed E-state index contributed by atoms with van der Waals surface area (Å²) in [6.07, 6.45) is 4.47. The Morgan fingerprint density at radius 2 is 1.96 bits per heavy atom. The number of rotatable bonds is 5. The third-order valence-corrected chi connectivity index (χ3v) is 5.66. The van der Waals surface area contributed by atoms with E-state index in [4.69, 9.17) is 16.3 Å². The maximum Gasteiger partial charge on any atom is 0.130 e. The smallest absolute Gasteiger partial charge is 0.130 e. The van der Waals surface area contributed by atoms with E-state index in [1.54, 1.807) is 0 Å². The average Bonchev–Trinajstić information content (AvgIpc) is 3.37. The number of halogens is 2. The van der Waals surface area contributed by atoms with E-state index in [1.165, 1.54) is 12.8 Å². The summed E-state index contributed by atoms with van der Waals surface area (Å²) in [4.78, 5) is 6.82. The van der Waals surface area contributed by atoms with Gasteiger partial charge in [0, 0.05) is 16.7 Å². The Labute approximate surface area is 161 Å². The van der Waals surface area contributed by atoms with Gasteiger partial charge in [-0.3, -0.25) is 0 Å². The highest BCUT2D eigenvalue weighted by atomic mass is 127. The molecule has 1 aliphatic rings. The number of hydrogen-bond acceptors (Lipinski definition) is 2. The molecule has 126 valence electrons. The summed E-state index contributed by atoms with van der Waals surface area (Å²) in [6.45, 7) is 4.10. The van der Waals surface area contributed by atoms with Crippen LogP contribution in [-0.4, -0.2) is 24.3 Å². The van der Waals surface area contributed by atoms with E-state index < -0.39 is 0 Å². The Balaban J connectivity index is 1.79. The molecule has 3 rings (SSSR count). The van der Waals surface area contributed by atoms with Crippen LogP contribution in [0.4, 0.5) is 5.69 Å². The summed E-state index contributed by atoms with van der Waals surface area (Å²) in [5, 5.41) is 0.736. The first-order chi connectivity index (χ1) is 11.4. The molecule has 0 spiro atoms. The van der Waals surface area contributed by atoms with Crippen LogP contribution in [0.25, 0.3) is 0 Å². The van der Waals surface area contributed by atoms with Gasteiger partial charge in [-0.25, -0.2) is 4.99 Å². The molecule has 2 aromatic carbocycles. The molecule has 1 fully saturated rings. The van der Waals surface area contributed by atoms with Crippen LogP contribution in [0, 0.1) is 17.4 Å². The Morgan fingerprint density at radius 1 is 1.21 bits per heavy atom. The predicted molar refractivity (Wildman–Crippen MR) is 109 cm³/mol. The Morgan fingerprint density at radius 3 is 2.62 bits per heavy atom. The van der Waals surface area contributed by atoms with Crippen molar-refractivity contribution in [1.82, 2.24) is 4.90 Å². The predicted octanol–water partition coefficient (Wildman–Crippen LogP) is 6.11. The highest BCUT2D eigenvalue weighted by Gasteiger charge is 2.24. The van der Waals surface area contributed by atoms with E-state index in [-0.39, 0.29) is 0 Å². The number of ether oxygens (including phenoxy) is 1. The van der Waals surface area contributed by atoms with Crippen molar-refractivity contribution >= 4 is 46.2 Å². The summed E-state index contributed by atoms with van der Waals surface area (Å²) in [6, 6.07) is 10.5. The molecule has 24 heavy (non-hydrogen) atoms. The fraction of sp³-hybridized carbons (Fsp3) is 0.316. The van der Waals surface area contributed by atoms with Gasteiger partial charge in [0.1, 0.15) is 11.5 Å². The van der Waals surface area contributed by atoms with E-state index in [0.717, 1.165) is 36.9 Å². The van der Waals surface area contributed by atoms with Crippen LogP contribution < -0.4 is 4.74 Å². The van der Waals surface area contributed by atoms with Crippen molar-refractivity contribution in [2.24, 2.45) is 4.99 Å². The SMILES string of the molecule is Cc1cc(Oc2ccc(Cl)c(I)c2)c(C)cc1/N=C/N(C)C1CC1. The summed E-state index contributed by atoms with van der Waals surface area (Å²) in [7, 11) is 2.09. The number of hydrogen-bond donors (Lipinski definition) is 0. The summed E-state index contributed by atoms with van der Waals surface area (Å²) >= 11 is 8.27. The van der Waals surface area contributed by atoms with Crippen LogP contribution in [0.5, 0.6) is 11.5 Å². The average molecular weight is 455 g/mol. The molecule has 5 heteroatoms. The molecule has 0 saturated heterocycles. The minimum Gasteiger partial charge on any atom is -0.457 e. The van der Waals surface area contributed by atoms with Crippen molar-refractivity contribution in [3.63, 3.8) is 0 Å². The lowest BCUT2D eigenvalue weighted by Gasteiger charge is -2.13. The molecule has 1 aliphatic carbocycles. The first-order valence-electron chi connectivity index (χ1n) is 7.94. The molecule has 0 bridgehead atoms. The second kappa shape index (κ2) is 7.31. The third-order valence-electron chi connectivity index (χ3n) is 4.11. The van der Waals surface area contributed by atoms with Gasteiger partial charge >= 0.3 is 0 Å². The lowest BCUT2D eigenvalue weighted by Crippen LogP contribution is -2.17. The van der Waals surface area contributed by atoms with Gasteiger partial charge in [0.05, 0.1) is 17.0 Å². The number of nitrogens with zero attached hydrogens (tertiary/aromatic N) is 2. The summed E-state index contributed by atoms with van der Waals surface area (Å²) < 4.78 is 7.01. The molecule has 0 radical (unpaired) electrons. The minimum absolute atomic E-state index is 0.671. The van der Waals surface area contributed by atoms with Crippen molar-refractivity contribution in [3.8, 4) is 11.5 Å². The first kappa shape index (κ1) is 17.5. The quantitative estimate of drug-likeness (QED) is 0.309. The van der Waals surface area contributed by atoms with E-state index in [9.17, 15) is 0 Å². The van der Waals surface area contributed by atoms with Gasteiger partial charge in [0.2, 0.25) is 0 Å². The van der Waals surface area contributed by atoms with Crippen molar-refractivity contribution in [1.29, 1.82) is 0 Å². The molecule has 3 nitrogen and oxygen atoms in total.